The molecule has 1 fully saturated rings. The Morgan fingerprint density at radius 3 is 2.76 bits per heavy atom. The molecule has 1 saturated heterocycles. The molecule has 112 valence electrons. The van der Waals surface area contributed by atoms with Gasteiger partial charge in [-0.3, -0.25) is 4.79 Å². The number of carbonyl (C=O) groups is 1. The van der Waals surface area contributed by atoms with Gasteiger partial charge in [-0.1, -0.05) is 22.0 Å². The number of nitrogens with zero attached hydrogens (tertiary/aromatic N) is 1. The second kappa shape index (κ2) is 5.26. The van der Waals surface area contributed by atoms with Gasteiger partial charge in [-0.25, -0.2) is 0 Å². The molecule has 6 heteroatoms. The number of rotatable bonds is 1. The summed E-state index contributed by atoms with van der Waals surface area (Å²) in [5, 5.41) is 10.9. The van der Waals surface area contributed by atoms with Gasteiger partial charge in [0.15, 0.2) is 0 Å². The summed E-state index contributed by atoms with van der Waals surface area (Å²) in [5.74, 6) is -0.0275. The van der Waals surface area contributed by atoms with Gasteiger partial charge >= 0.3 is 0 Å². The van der Waals surface area contributed by atoms with Crippen molar-refractivity contribution in [2.75, 3.05) is 18.8 Å². The smallest absolute Gasteiger partial charge is 0.266 e. The molecule has 2 aromatic rings. The van der Waals surface area contributed by atoms with E-state index in [2.05, 4.69) is 15.9 Å². The number of anilines is 1. The first-order valence-electron chi connectivity index (χ1n) is 6.86. The van der Waals surface area contributed by atoms with Crippen LogP contribution in [0.25, 0.3) is 10.1 Å². The summed E-state index contributed by atoms with van der Waals surface area (Å²) in [6.45, 7) is 2.96. The summed E-state index contributed by atoms with van der Waals surface area (Å²) in [7, 11) is 0. The van der Waals surface area contributed by atoms with Crippen molar-refractivity contribution in [3.8, 4) is 0 Å². The summed E-state index contributed by atoms with van der Waals surface area (Å²) in [6.07, 6.45) is 1.21. The fourth-order valence-electron chi connectivity index (χ4n) is 2.58. The zero-order chi connectivity index (χ0) is 15.2. The number of fused-ring (bicyclic) bond motifs is 1. The first-order valence-corrected chi connectivity index (χ1v) is 8.47. The predicted molar refractivity (Wildman–Crippen MR) is 89.7 cm³/mol. The van der Waals surface area contributed by atoms with Crippen LogP contribution in [-0.4, -0.2) is 34.6 Å². The number of likely N-dealkylation sites (tertiary alicyclic amines) is 1. The van der Waals surface area contributed by atoms with Crippen LogP contribution in [0.15, 0.2) is 22.7 Å². The van der Waals surface area contributed by atoms with E-state index in [1.54, 1.807) is 4.90 Å². The van der Waals surface area contributed by atoms with Crippen molar-refractivity contribution in [1.29, 1.82) is 0 Å². The Morgan fingerprint density at radius 2 is 2.10 bits per heavy atom. The molecule has 0 saturated carbocycles. The molecule has 21 heavy (non-hydrogen) atoms. The molecule has 0 spiro atoms. The van der Waals surface area contributed by atoms with E-state index in [1.807, 2.05) is 25.1 Å². The van der Waals surface area contributed by atoms with Gasteiger partial charge in [-0.15, -0.1) is 11.3 Å². The number of amides is 1. The van der Waals surface area contributed by atoms with E-state index >= 15 is 0 Å². The molecule has 0 bridgehead atoms. The molecule has 1 aromatic carbocycles. The third kappa shape index (κ3) is 2.80. The van der Waals surface area contributed by atoms with Crippen LogP contribution in [0, 0.1) is 0 Å². The summed E-state index contributed by atoms with van der Waals surface area (Å²) < 4.78 is 1.98. The molecule has 1 amide bonds. The highest BCUT2D eigenvalue weighted by molar-refractivity contribution is 9.10. The maximum absolute atomic E-state index is 12.6. The highest BCUT2D eigenvalue weighted by Gasteiger charge is 2.31. The van der Waals surface area contributed by atoms with Crippen molar-refractivity contribution in [3.63, 3.8) is 0 Å². The largest absolute Gasteiger partial charge is 0.397 e. The molecule has 0 radical (unpaired) electrons. The molecule has 0 aliphatic carbocycles. The number of hydrogen-bond donors (Lipinski definition) is 2. The lowest BCUT2D eigenvalue weighted by Gasteiger charge is -2.35. The zero-order valence-electron chi connectivity index (χ0n) is 11.7. The van der Waals surface area contributed by atoms with Gasteiger partial charge in [0.2, 0.25) is 0 Å². The molecule has 0 unspecified atom stereocenters. The van der Waals surface area contributed by atoms with E-state index in [0.29, 0.717) is 36.5 Å². The van der Waals surface area contributed by atoms with Crippen LogP contribution in [-0.2, 0) is 0 Å². The number of piperidine rings is 1. The monoisotopic (exact) mass is 368 g/mol. The minimum Gasteiger partial charge on any atom is -0.397 e. The SMILES string of the molecule is CC1(O)CCN(C(=O)c2sc3cc(Br)ccc3c2N)CC1. The third-order valence-electron chi connectivity index (χ3n) is 4.01. The average Bonchev–Trinajstić information content (AvgIpc) is 2.74. The Labute approximate surface area is 135 Å². The highest BCUT2D eigenvalue weighted by Crippen LogP contribution is 2.36. The van der Waals surface area contributed by atoms with Crippen molar-refractivity contribution in [1.82, 2.24) is 4.90 Å². The number of hydrogen-bond acceptors (Lipinski definition) is 4. The molecule has 2 heterocycles. The minimum atomic E-state index is -0.659. The number of halogens is 1. The number of carbonyl (C=O) groups excluding carboxylic acids is 1. The Hall–Kier alpha value is -1.11. The third-order valence-corrected chi connectivity index (χ3v) is 5.66. The molecule has 1 aromatic heterocycles. The molecular weight excluding hydrogens is 352 g/mol. The summed E-state index contributed by atoms with van der Waals surface area (Å²) >= 11 is 4.87. The number of nitrogen functional groups attached to an aromatic ring is 1. The van der Waals surface area contributed by atoms with E-state index < -0.39 is 5.60 Å². The molecule has 1 aliphatic heterocycles. The van der Waals surface area contributed by atoms with Gasteiger partial charge in [0, 0.05) is 27.6 Å². The van der Waals surface area contributed by atoms with E-state index in [1.165, 1.54) is 11.3 Å². The zero-order valence-corrected chi connectivity index (χ0v) is 14.1. The van der Waals surface area contributed by atoms with Gasteiger partial charge in [0.05, 0.1) is 11.3 Å². The maximum Gasteiger partial charge on any atom is 0.266 e. The van der Waals surface area contributed by atoms with Gasteiger partial charge in [-0.2, -0.15) is 0 Å². The molecule has 1 aliphatic rings. The van der Waals surface area contributed by atoms with Gasteiger partial charge in [-0.05, 0) is 31.9 Å². The Morgan fingerprint density at radius 1 is 1.43 bits per heavy atom. The van der Waals surface area contributed by atoms with Crippen LogP contribution < -0.4 is 5.73 Å². The van der Waals surface area contributed by atoms with Crippen LogP contribution in [0.2, 0.25) is 0 Å². The summed E-state index contributed by atoms with van der Waals surface area (Å²) in [4.78, 5) is 15.0. The number of aliphatic hydroxyl groups is 1. The van der Waals surface area contributed by atoms with Crippen LogP contribution >= 0.6 is 27.3 Å². The fraction of sp³-hybridized carbons (Fsp3) is 0.400. The van der Waals surface area contributed by atoms with E-state index in [9.17, 15) is 9.90 Å². The summed E-state index contributed by atoms with van der Waals surface area (Å²) in [5.41, 5.74) is 6.05. The number of thiophene rings is 1. The average molecular weight is 369 g/mol. The minimum absolute atomic E-state index is 0.0275. The Kier molecular flexibility index (Phi) is 3.71. The predicted octanol–water partition coefficient (Wildman–Crippen LogP) is 3.23. The first-order chi connectivity index (χ1) is 9.87. The molecular formula is C15H17BrN2O2S. The number of benzene rings is 1. The second-order valence-corrected chi connectivity index (χ2v) is 7.74. The quantitative estimate of drug-likeness (QED) is 0.811. The van der Waals surface area contributed by atoms with Crippen molar-refractivity contribution < 1.29 is 9.90 Å². The summed E-state index contributed by atoms with van der Waals surface area (Å²) in [6, 6.07) is 5.84. The molecule has 3 rings (SSSR count). The number of nitrogens with two attached hydrogens (primary N) is 1. The standard InChI is InChI=1S/C15H17BrN2O2S/c1-15(20)4-6-18(7-5-15)14(19)13-12(17)10-3-2-9(16)8-11(10)21-13/h2-3,8,20H,4-7,17H2,1H3. The highest BCUT2D eigenvalue weighted by atomic mass is 79.9. The van der Waals surface area contributed by atoms with Gasteiger partial charge < -0.3 is 15.7 Å². The first kappa shape index (κ1) is 14.8. The van der Waals surface area contributed by atoms with Crippen molar-refractivity contribution in [3.05, 3.63) is 27.5 Å². The lowest BCUT2D eigenvalue weighted by molar-refractivity contribution is -0.00184. The van der Waals surface area contributed by atoms with E-state index in [4.69, 9.17) is 5.73 Å². The fourth-order valence-corrected chi connectivity index (χ4v) is 4.23. The molecule has 4 nitrogen and oxygen atoms in total. The van der Waals surface area contributed by atoms with Crippen LogP contribution in [0.5, 0.6) is 0 Å². The topological polar surface area (TPSA) is 66.6 Å². The molecule has 3 N–H and O–H groups in total. The molecule has 0 atom stereocenters. The van der Waals surface area contributed by atoms with Crippen molar-refractivity contribution >= 4 is 48.9 Å². The Bertz CT molecular complexity index is 701. The van der Waals surface area contributed by atoms with Gasteiger partial charge in [0.1, 0.15) is 4.88 Å². The Balaban J connectivity index is 1.90. The van der Waals surface area contributed by atoms with E-state index in [0.717, 1.165) is 14.6 Å². The van der Waals surface area contributed by atoms with E-state index in [-0.39, 0.29) is 5.91 Å². The lowest BCUT2D eigenvalue weighted by Crippen LogP contribution is -2.45. The van der Waals surface area contributed by atoms with Gasteiger partial charge in [0.25, 0.3) is 5.91 Å². The van der Waals surface area contributed by atoms with Crippen molar-refractivity contribution in [2.45, 2.75) is 25.4 Å². The second-order valence-electron chi connectivity index (χ2n) is 5.77. The maximum atomic E-state index is 12.6. The normalized spacial score (nSPS) is 18.1. The lowest BCUT2D eigenvalue weighted by atomic mass is 9.94. The van der Waals surface area contributed by atoms with Crippen LogP contribution in [0.4, 0.5) is 5.69 Å². The van der Waals surface area contributed by atoms with Crippen LogP contribution in [0.1, 0.15) is 29.4 Å². The van der Waals surface area contributed by atoms with Crippen LogP contribution in [0.3, 0.4) is 0 Å². The van der Waals surface area contributed by atoms with Crippen molar-refractivity contribution in [2.24, 2.45) is 0 Å².